The predicted molar refractivity (Wildman–Crippen MR) is 112 cm³/mol. The lowest BCUT2D eigenvalue weighted by Crippen LogP contribution is -2.45. The van der Waals surface area contributed by atoms with E-state index in [2.05, 4.69) is 25.3 Å². The van der Waals surface area contributed by atoms with Crippen LogP contribution in [0.15, 0.2) is 30.6 Å². The molecular formula is C22H26N6O. The summed E-state index contributed by atoms with van der Waals surface area (Å²) in [4.78, 5) is 24.3. The second kappa shape index (κ2) is 7.46. The number of aryl methyl sites for hydroxylation is 2. The van der Waals surface area contributed by atoms with E-state index in [0.29, 0.717) is 5.69 Å². The van der Waals surface area contributed by atoms with Crippen LogP contribution < -0.4 is 10.2 Å². The molecule has 0 atom stereocenters. The average molecular weight is 390 g/mol. The van der Waals surface area contributed by atoms with Crippen LogP contribution in [-0.2, 0) is 19.9 Å². The molecule has 2 aromatic heterocycles. The highest BCUT2D eigenvalue weighted by molar-refractivity contribution is 6.04. The van der Waals surface area contributed by atoms with Crippen LogP contribution in [0, 0.1) is 0 Å². The summed E-state index contributed by atoms with van der Waals surface area (Å²) >= 11 is 0. The van der Waals surface area contributed by atoms with Crippen LogP contribution >= 0.6 is 0 Å². The molecule has 0 bridgehead atoms. The molecule has 3 aromatic rings. The van der Waals surface area contributed by atoms with Gasteiger partial charge in [0.2, 0.25) is 0 Å². The number of nitrogens with one attached hydrogen (secondary N) is 1. The molecule has 1 saturated heterocycles. The summed E-state index contributed by atoms with van der Waals surface area (Å²) in [6.07, 6.45) is 8.12. The summed E-state index contributed by atoms with van der Waals surface area (Å²) in [5, 5.41) is 8.54. The number of fused-ring (bicyclic) bond motifs is 2. The largest absolute Gasteiger partial charge is 0.356 e. The van der Waals surface area contributed by atoms with Crippen molar-refractivity contribution in [3.05, 3.63) is 47.5 Å². The average Bonchev–Trinajstić information content (AvgIpc) is 3.11. The Labute approximate surface area is 170 Å². The molecule has 3 heterocycles. The van der Waals surface area contributed by atoms with E-state index >= 15 is 0 Å². The molecule has 0 radical (unpaired) electrons. The van der Waals surface area contributed by atoms with Crippen molar-refractivity contribution in [2.24, 2.45) is 7.05 Å². The van der Waals surface area contributed by atoms with E-state index < -0.39 is 0 Å². The first kappa shape index (κ1) is 18.1. The molecule has 5 rings (SSSR count). The van der Waals surface area contributed by atoms with Gasteiger partial charge < -0.3 is 10.2 Å². The molecule has 29 heavy (non-hydrogen) atoms. The van der Waals surface area contributed by atoms with Crippen molar-refractivity contribution in [3.63, 3.8) is 0 Å². The van der Waals surface area contributed by atoms with Crippen LogP contribution in [-0.4, -0.2) is 44.8 Å². The first-order valence-corrected chi connectivity index (χ1v) is 10.5. The van der Waals surface area contributed by atoms with Crippen LogP contribution in [0.5, 0.6) is 0 Å². The number of nitrogens with zero attached hydrogens (tertiary/aromatic N) is 5. The van der Waals surface area contributed by atoms with Gasteiger partial charge in [-0.2, -0.15) is 5.10 Å². The Bertz CT molecular complexity index is 1050. The summed E-state index contributed by atoms with van der Waals surface area (Å²) in [7, 11) is 1.88. The number of hydrogen-bond acceptors (Lipinski definition) is 5. The molecule has 7 nitrogen and oxygen atoms in total. The fourth-order valence-electron chi connectivity index (χ4n) is 4.65. The molecular weight excluding hydrogens is 364 g/mol. The highest BCUT2D eigenvalue weighted by Gasteiger charge is 2.26. The zero-order valence-electron chi connectivity index (χ0n) is 16.8. The summed E-state index contributed by atoms with van der Waals surface area (Å²) in [5.41, 5.74) is 4.04. The topological polar surface area (TPSA) is 75.9 Å². The van der Waals surface area contributed by atoms with Gasteiger partial charge in [-0.3, -0.25) is 9.48 Å². The van der Waals surface area contributed by atoms with Crippen molar-refractivity contribution in [2.45, 2.75) is 44.6 Å². The summed E-state index contributed by atoms with van der Waals surface area (Å²) in [6.45, 7) is 1.80. The smallest absolute Gasteiger partial charge is 0.272 e. The Morgan fingerprint density at radius 1 is 1.10 bits per heavy atom. The van der Waals surface area contributed by atoms with Crippen LogP contribution in [0.3, 0.4) is 0 Å². The van der Waals surface area contributed by atoms with Gasteiger partial charge >= 0.3 is 0 Å². The number of hydrogen-bond donors (Lipinski definition) is 1. The number of amides is 1. The van der Waals surface area contributed by atoms with Gasteiger partial charge in [-0.15, -0.1) is 0 Å². The first-order valence-electron chi connectivity index (χ1n) is 10.5. The van der Waals surface area contributed by atoms with Gasteiger partial charge in [-0.1, -0.05) is 18.2 Å². The molecule has 1 aromatic carbocycles. The number of benzene rings is 1. The van der Waals surface area contributed by atoms with Crippen LogP contribution in [0.25, 0.3) is 10.9 Å². The van der Waals surface area contributed by atoms with Gasteiger partial charge in [0.25, 0.3) is 5.91 Å². The van der Waals surface area contributed by atoms with E-state index in [1.807, 2.05) is 31.3 Å². The predicted octanol–water partition coefficient (Wildman–Crippen LogP) is 2.64. The molecule has 2 aliphatic rings. The minimum absolute atomic E-state index is 0.0836. The third-order valence-corrected chi connectivity index (χ3v) is 6.20. The minimum atomic E-state index is -0.0836. The zero-order valence-corrected chi connectivity index (χ0v) is 16.8. The lowest BCUT2D eigenvalue weighted by molar-refractivity contribution is 0.0927. The molecule has 1 N–H and O–H groups in total. The standard InChI is InChI=1S/C22H26N6O/c1-27-19-9-5-3-7-17(19)20(26-27)22(29)25-15-10-12-28(13-11-15)21-16-6-2-4-8-18(16)23-14-24-21/h3,5,7,9,14-15H,2,4,6,8,10-13H2,1H3,(H,25,29). The van der Waals surface area contributed by atoms with E-state index in [1.54, 1.807) is 11.0 Å². The minimum Gasteiger partial charge on any atom is -0.356 e. The second-order valence-corrected chi connectivity index (χ2v) is 8.05. The molecule has 1 amide bonds. The molecule has 7 heteroatoms. The number of piperidine rings is 1. The molecule has 0 unspecified atom stereocenters. The summed E-state index contributed by atoms with van der Waals surface area (Å²) in [5.74, 6) is 1.02. The van der Waals surface area contributed by atoms with Crippen LogP contribution in [0.4, 0.5) is 5.82 Å². The number of aromatic nitrogens is 4. The van der Waals surface area contributed by atoms with Gasteiger partial charge in [0.1, 0.15) is 12.1 Å². The maximum absolute atomic E-state index is 12.9. The van der Waals surface area contributed by atoms with Crippen molar-refractivity contribution in [1.82, 2.24) is 25.1 Å². The van der Waals surface area contributed by atoms with Gasteiger partial charge in [0, 0.05) is 42.8 Å². The van der Waals surface area contributed by atoms with Gasteiger partial charge in [0.15, 0.2) is 5.69 Å². The number of carbonyl (C=O) groups excluding carboxylic acids is 1. The van der Waals surface area contributed by atoms with Gasteiger partial charge in [-0.05, 0) is 44.6 Å². The Morgan fingerprint density at radius 2 is 1.90 bits per heavy atom. The van der Waals surface area contributed by atoms with Crippen molar-refractivity contribution in [1.29, 1.82) is 0 Å². The SMILES string of the molecule is Cn1nc(C(=O)NC2CCN(c3ncnc4c3CCCC4)CC2)c2ccccc21. The first-order chi connectivity index (χ1) is 14.2. The highest BCUT2D eigenvalue weighted by atomic mass is 16.2. The van der Waals surface area contributed by atoms with Crippen LogP contribution in [0.2, 0.25) is 0 Å². The second-order valence-electron chi connectivity index (χ2n) is 8.05. The van der Waals surface area contributed by atoms with E-state index in [1.165, 1.54) is 24.1 Å². The number of carbonyl (C=O) groups is 1. The summed E-state index contributed by atoms with van der Waals surface area (Å²) < 4.78 is 1.77. The lowest BCUT2D eigenvalue weighted by atomic mass is 9.95. The number of rotatable bonds is 3. The van der Waals surface area contributed by atoms with Crippen molar-refractivity contribution in [2.75, 3.05) is 18.0 Å². The molecule has 150 valence electrons. The quantitative estimate of drug-likeness (QED) is 0.744. The Morgan fingerprint density at radius 3 is 2.76 bits per heavy atom. The molecule has 0 spiro atoms. The lowest BCUT2D eigenvalue weighted by Gasteiger charge is -2.34. The van der Waals surface area contributed by atoms with Crippen molar-refractivity contribution in [3.8, 4) is 0 Å². The maximum atomic E-state index is 12.9. The Kier molecular flexibility index (Phi) is 4.66. The monoisotopic (exact) mass is 390 g/mol. The maximum Gasteiger partial charge on any atom is 0.272 e. The highest BCUT2D eigenvalue weighted by Crippen LogP contribution is 2.29. The molecule has 1 aliphatic carbocycles. The third-order valence-electron chi connectivity index (χ3n) is 6.20. The molecule has 1 fully saturated rings. The van der Waals surface area contributed by atoms with Crippen molar-refractivity contribution < 1.29 is 4.79 Å². The Hall–Kier alpha value is -2.96. The van der Waals surface area contributed by atoms with E-state index in [0.717, 1.165) is 55.5 Å². The van der Waals surface area contributed by atoms with Crippen molar-refractivity contribution >= 4 is 22.6 Å². The van der Waals surface area contributed by atoms with Crippen LogP contribution in [0.1, 0.15) is 47.4 Å². The molecule has 0 saturated carbocycles. The Balaban J connectivity index is 1.26. The zero-order chi connectivity index (χ0) is 19.8. The number of para-hydroxylation sites is 1. The third kappa shape index (κ3) is 3.34. The normalized spacial score (nSPS) is 17.3. The van der Waals surface area contributed by atoms with E-state index in [-0.39, 0.29) is 11.9 Å². The fourth-order valence-corrected chi connectivity index (χ4v) is 4.65. The number of anilines is 1. The van der Waals surface area contributed by atoms with E-state index in [9.17, 15) is 4.79 Å². The van der Waals surface area contributed by atoms with E-state index in [4.69, 9.17) is 0 Å². The van der Waals surface area contributed by atoms with Gasteiger partial charge in [-0.25, -0.2) is 9.97 Å². The van der Waals surface area contributed by atoms with Gasteiger partial charge in [0.05, 0.1) is 5.52 Å². The molecule has 1 aliphatic heterocycles. The summed E-state index contributed by atoms with van der Waals surface area (Å²) in [6, 6.07) is 8.02. The fraction of sp³-hybridized carbons (Fsp3) is 0.455.